The fourth-order valence-electron chi connectivity index (χ4n) is 7.01. The third-order valence-corrected chi connectivity index (χ3v) is 9.53. The van der Waals surface area contributed by atoms with E-state index in [1.807, 2.05) is 31.2 Å². The molecule has 0 spiro atoms. The second-order valence-corrected chi connectivity index (χ2v) is 12.9. The molecule has 3 aliphatic carbocycles. The zero-order valence-electron chi connectivity index (χ0n) is 27.0. The van der Waals surface area contributed by atoms with Crippen molar-refractivity contribution in [2.75, 3.05) is 5.32 Å². The topological polar surface area (TPSA) is 127 Å². The van der Waals surface area contributed by atoms with E-state index >= 15 is 0 Å². The van der Waals surface area contributed by atoms with Crippen molar-refractivity contribution < 1.29 is 34.1 Å². The summed E-state index contributed by atoms with van der Waals surface area (Å²) in [5.41, 5.74) is 4.29. The van der Waals surface area contributed by atoms with Crippen LogP contribution in [0.15, 0.2) is 121 Å². The minimum Gasteiger partial charge on any atom is -0.494 e. The predicted octanol–water partition coefficient (Wildman–Crippen LogP) is 7.76. The predicted molar refractivity (Wildman–Crippen MR) is 188 cm³/mol. The molecule has 248 valence electrons. The molecule has 0 aliphatic heterocycles. The van der Waals surface area contributed by atoms with Crippen LogP contribution in [0.1, 0.15) is 51.7 Å². The van der Waals surface area contributed by atoms with E-state index in [9.17, 15) is 24.6 Å². The van der Waals surface area contributed by atoms with E-state index in [0.29, 0.717) is 29.1 Å². The Bertz CT molecular complexity index is 2260. The molecule has 3 unspecified atom stereocenters. The maximum absolute atomic E-state index is 13.1. The SMILES string of the molecule is Cc1ccc2cc(OC(=O)C3=CC(C(=O)Nc4ccc(OC(=O)c5ccc(-n6c(O)c7c(c6O)C6C=CC7C6)cc5)cc4)CC=C3)ccc2c1. The molecule has 3 atom stereocenters. The van der Waals surface area contributed by atoms with Gasteiger partial charge < -0.3 is 25.0 Å². The summed E-state index contributed by atoms with van der Waals surface area (Å²) in [6.45, 7) is 2.02. The summed E-state index contributed by atoms with van der Waals surface area (Å²) in [7, 11) is 0. The number of allylic oxidation sites excluding steroid dienone is 3. The molecule has 0 fully saturated rings. The van der Waals surface area contributed by atoms with Crippen LogP contribution in [0.25, 0.3) is 16.5 Å². The highest BCUT2D eigenvalue weighted by Gasteiger charge is 2.41. The van der Waals surface area contributed by atoms with Crippen LogP contribution < -0.4 is 14.8 Å². The number of hydrogen-bond acceptors (Lipinski definition) is 7. The number of aromatic hydroxyl groups is 2. The van der Waals surface area contributed by atoms with Crippen LogP contribution in [-0.2, 0) is 9.59 Å². The average Bonchev–Trinajstić information content (AvgIpc) is 3.82. The molecule has 5 aromatic rings. The first-order valence-electron chi connectivity index (χ1n) is 16.4. The number of amides is 1. The Morgan fingerprint density at radius 3 is 2.12 bits per heavy atom. The van der Waals surface area contributed by atoms with Gasteiger partial charge in [-0.25, -0.2) is 9.59 Å². The molecule has 50 heavy (non-hydrogen) atoms. The molecular formula is C41H32N2O7. The molecular weight excluding hydrogens is 632 g/mol. The molecule has 1 heterocycles. The van der Waals surface area contributed by atoms with E-state index in [1.54, 1.807) is 72.8 Å². The van der Waals surface area contributed by atoms with Crippen molar-refractivity contribution in [1.29, 1.82) is 0 Å². The highest BCUT2D eigenvalue weighted by atomic mass is 16.5. The smallest absolute Gasteiger partial charge is 0.343 e. The van der Waals surface area contributed by atoms with E-state index in [2.05, 4.69) is 23.5 Å². The summed E-state index contributed by atoms with van der Waals surface area (Å²) >= 11 is 0. The fourth-order valence-corrected chi connectivity index (χ4v) is 7.01. The normalized spacial score (nSPS) is 18.5. The summed E-state index contributed by atoms with van der Waals surface area (Å²) in [6, 6.07) is 24.4. The van der Waals surface area contributed by atoms with Crippen molar-refractivity contribution in [2.45, 2.75) is 31.6 Å². The Kier molecular flexibility index (Phi) is 7.60. The van der Waals surface area contributed by atoms with Gasteiger partial charge >= 0.3 is 11.9 Å². The summed E-state index contributed by atoms with van der Waals surface area (Å²) in [6.07, 6.45) is 10.5. The number of benzene rings is 4. The number of aromatic nitrogens is 1. The summed E-state index contributed by atoms with van der Waals surface area (Å²) in [5, 5.41) is 26.6. The lowest BCUT2D eigenvalue weighted by Crippen LogP contribution is -2.24. The molecule has 1 amide bonds. The Balaban J connectivity index is 0.874. The number of carbonyl (C=O) groups is 3. The number of hydrogen-bond donors (Lipinski definition) is 3. The number of rotatable bonds is 7. The molecule has 8 rings (SSSR count). The molecule has 9 nitrogen and oxygen atoms in total. The first kappa shape index (κ1) is 31.0. The second-order valence-electron chi connectivity index (χ2n) is 12.9. The van der Waals surface area contributed by atoms with Crippen LogP contribution in [0, 0.1) is 12.8 Å². The number of aryl methyl sites for hydroxylation is 1. The molecule has 3 aliphatic rings. The van der Waals surface area contributed by atoms with Crippen molar-refractivity contribution >= 4 is 34.3 Å². The standard InChI is InChI=1S/C41H32N2O7/c1-23-5-6-26-22-34(16-11-25(26)19-23)50-41(48)30-4-2-3-29(21-30)37(44)42-31-12-17-33(18-13-31)49-40(47)24-9-14-32(15-10-24)43-38(45)35-27-7-8-28(20-27)36(35)39(43)46/h2,4-19,21-22,27-29,45-46H,3,20H2,1H3,(H,42,44). The maximum atomic E-state index is 13.1. The summed E-state index contributed by atoms with van der Waals surface area (Å²) in [4.78, 5) is 38.9. The molecule has 0 saturated heterocycles. The van der Waals surface area contributed by atoms with Gasteiger partial charge in [0, 0.05) is 28.7 Å². The highest BCUT2D eigenvalue weighted by Crippen LogP contribution is 2.57. The van der Waals surface area contributed by atoms with E-state index in [0.717, 1.165) is 33.9 Å². The lowest BCUT2D eigenvalue weighted by Gasteiger charge is -2.16. The third kappa shape index (κ3) is 5.62. The van der Waals surface area contributed by atoms with E-state index in [-0.39, 0.29) is 40.8 Å². The number of carbonyl (C=O) groups excluding carboxylic acids is 3. The van der Waals surface area contributed by atoms with Crippen LogP contribution in [0.4, 0.5) is 5.69 Å². The van der Waals surface area contributed by atoms with Gasteiger partial charge in [0.2, 0.25) is 17.7 Å². The van der Waals surface area contributed by atoms with Crippen molar-refractivity contribution in [3.63, 3.8) is 0 Å². The minimum atomic E-state index is -0.587. The minimum absolute atomic E-state index is 0.0165. The first-order chi connectivity index (χ1) is 24.2. The van der Waals surface area contributed by atoms with Crippen LogP contribution in [0.5, 0.6) is 23.3 Å². The summed E-state index contributed by atoms with van der Waals surface area (Å²) in [5.74, 6) is -1.05. The Hall–Kier alpha value is -6.35. The number of nitrogens with one attached hydrogen (secondary N) is 1. The monoisotopic (exact) mass is 664 g/mol. The van der Waals surface area contributed by atoms with Crippen molar-refractivity contribution in [3.05, 3.63) is 143 Å². The van der Waals surface area contributed by atoms with Gasteiger partial charge in [-0.1, -0.05) is 60.2 Å². The second kappa shape index (κ2) is 12.3. The van der Waals surface area contributed by atoms with E-state index < -0.39 is 17.9 Å². The van der Waals surface area contributed by atoms with Gasteiger partial charge in [0.15, 0.2) is 0 Å². The highest BCUT2D eigenvalue weighted by molar-refractivity contribution is 5.99. The molecule has 4 aromatic carbocycles. The Morgan fingerprint density at radius 1 is 0.760 bits per heavy atom. The van der Waals surface area contributed by atoms with Gasteiger partial charge in [0.1, 0.15) is 11.5 Å². The van der Waals surface area contributed by atoms with Crippen molar-refractivity contribution in [2.24, 2.45) is 5.92 Å². The molecule has 0 radical (unpaired) electrons. The zero-order valence-corrected chi connectivity index (χ0v) is 27.0. The molecule has 2 bridgehead atoms. The zero-order chi connectivity index (χ0) is 34.5. The van der Waals surface area contributed by atoms with Crippen molar-refractivity contribution in [1.82, 2.24) is 4.57 Å². The number of ether oxygens (including phenoxy) is 2. The van der Waals surface area contributed by atoms with Crippen LogP contribution in [0.3, 0.4) is 0 Å². The van der Waals surface area contributed by atoms with E-state index in [1.165, 1.54) is 4.57 Å². The van der Waals surface area contributed by atoms with Crippen LogP contribution in [-0.4, -0.2) is 32.6 Å². The Labute approximate surface area is 287 Å². The molecule has 3 N–H and O–H groups in total. The fraction of sp³-hybridized carbons (Fsp3) is 0.146. The van der Waals surface area contributed by atoms with E-state index in [4.69, 9.17) is 9.47 Å². The van der Waals surface area contributed by atoms with Gasteiger partial charge in [-0.3, -0.25) is 9.36 Å². The number of anilines is 1. The number of fused-ring (bicyclic) bond motifs is 6. The number of nitrogens with zero attached hydrogens (tertiary/aromatic N) is 1. The molecule has 9 heteroatoms. The first-order valence-corrected chi connectivity index (χ1v) is 16.4. The quantitative estimate of drug-likeness (QED) is 0.0922. The van der Waals surface area contributed by atoms with Gasteiger partial charge in [0.25, 0.3) is 0 Å². The number of esters is 2. The average molecular weight is 665 g/mol. The maximum Gasteiger partial charge on any atom is 0.343 e. The third-order valence-electron chi connectivity index (χ3n) is 9.53. The van der Waals surface area contributed by atoms with Gasteiger partial charge in [0.05, 0.1) is 22.7 Å². The Morgan fingerprint density at radius 2 is 1.40 bits per heavy atom. The van der Waals surface area contributed by atoms with Crippen LogP contribution in [0.2, 0.25) is 0 Å². The van der Waals surface area contributed by atoms with Crippen molar-refractivity contribution in [3.8, 4) is 28.9 Å². The molecule has 1 aromatic heterocycles. The summed E-state index contributed by atoms with van der Waals surface area (Å²) < 4.78 is 12.6. The lowest BCUT2D eigenvalue weighted by molar-refractivity contribution is -0.129. The largest absolute Gasteiger partial charge is 0.494 e. The molecule has 0 saturated carbocycles. The van der Waals surface area contributed by atoms with Gasteiger partial charge in [-0.15, -0.1) is 0 Å². The van der Waals surface area contributed by atoms with Crippen LogP contribution >= 0.6 is 0 Å². The van der Waals surface area contributed by atoms with Gasteiger partial charge in [-0.05, 0) is 91.2 Å². The van der Waals surface area contributed by atoms with Gasteiger partial charge in [-0.2, -0.15) is 0 Å². The lowest BCUT2D eigenvalue weighted by atomic mass is 9.95.